The van der Waals surface area contributed by atoms with Gasteiger partial charge in [0.1, 0.15) is 5.75 Å². The van der Waals surface area contributed by atoms with Crippen molar-refractivity contribution in [2.24, 2.45) is 0 Å². The third-order valence-corrected chi connectivity index (χ3v) is 4.74. The van der Waals surface area contributed by atoms with Gasteiger partial charge in [0.15, 0.2) is 6.61 Å². The number of nitrogens with zero attached hydrogens (tertiary/aromatic N) is 1. The molecule has 134 valence electrons. The summed E-state index contributed by atoms with van der Waals surface area (Å²) < 4.78 is 13.0. The monoisotopic (exact) mass is 407 g/mol. The number of hydrogen-bond donors (Lipinski definition) is 0. The van der Waals surface area contributed by atoms with Gasteiger partial charge in [0, 0.05) is 28.0 Å². The Labute approximate surface area is 156 Å². The van der Waals surface area contributed by atoms with Gasteiger partial charge >= 0.3 is 5.97 Å². The van der Waals surface area contributed by atoms with E-state index in [1.807, 2.05) is 19.9 Å². The van der Waals surface area contributed by atoms with Crippen LogP contribution >= 0.6 is 15.9 Å². The lowest BCUT2D eigenvalue weighted by Gasteiger charge is -2.09. The number of benzene rings is 1. The fourth-order valence-electron chi connectivity index (χ4n) is 2.73. The molecule has 0 amide bonds. The predicted octanol–water partition coefficient (Wildman–Crippen LogP) is 4.33. The number of methoxy groups -OCH3 is 1. The van der Waals surface area contributed by atoms with E-state index in [1.165, 1.54) is 7.11 Å². The summed E-state index contributed by atoms with van der Waals surface area (Å²) in [6.07, 6.45) is 0.989. The predicted molar refractivity (Wildman–Crippen MR) is 99.5 cm³/mol. The van der Waals surface area contributed by atoms with Crippen LogP contribution in [0.3, 0.4) is 0 Å². The minimum absolute atomic E-state index is 0.206. The normalized spacial score (nSPS) is 10.6. The van der Waals surface area contributed by atoms with Crippen LogP contribution in [0.15, 0.2) is 28.7 Å². The highest BCUT2D eigenvalue weighted by molar-refractivity contribution is 9.10. The number of aromatic nitrogens is 1. The summed E-state index contributed by atoms with van der Waals surface area (Å²) in [5, 5.41) is 0. The third-order valence-electron chi connectivity index (χ3n) is 4.05. The molecule has 0 N–H and O–H groups in total. The van der Waals surface area contributed by atoms with Gasteiger partial charge in [-0.3, -0.25) is 4.79 Å². The first-order chi connectivity index (χ1) is 11.9. The Hall–Kier alpha value is -2.08. The maximum Gasteiger partial charge on any atom is 0.339 e. The van der Waals surface area contributed by atoms with Crippen molar-refractivity contribution in [3.05, 3.63) is 51.3 Å². The van der Waals surface area contributed by atoms with E-state index in [1.54, 1.807) is 18.2 Å². The zero-order valence-corrected chi connectivity index (χ0v) is 16.5. The number of ether oxygens (including phenoxy) is 2. The molecule has 0 bridgehead atoms. The van der Waals surface area contributed by atoms with Crippen LogP contribution < -0.4 is 4.74 Å². The number of carbonyl (C=O) groups excluding carboxylic acids is 2. The van der Waals surface area contributed by atoms with Crippen LogP contribution in [0, 0.1) is 13.8 Å². The highest BCUT2D eigenvalue weighted by Gasteiger charge is 2.19. The average Bonchev–Trinajstić information content (AvgIpc) is 2.88. The molecule has 2 rings (SSSR count). The largest absolute Gasteiger partial charge is 0.497 e. The van der Waals surface area contributed by atoms with Gasteiger partial charge in [-0.2, -0.15) is 0 Å². The number of esters is 1. The first-order valence-corrected chi connectivity index (χ1v) is 8.88. The number of rotatable bonds is 7. The topological polar surface area (TPSA) is 57.5 Å². The summed E-state index contributed by atoms with van der Waals surface area (Å²) in [6.45, 7) is 6.55. The number of aryl methyl sites for hydroxylation is 1. The van der Waals surface area contributed by atoms with Crippen molar-refractivity contribution in [2.75, 3.05) is 13.7 Å². The van der Waals surface area contributed by atoms with Gasteiger partial charge < -0.3 is 14.0 Å². The first-order valence-electron chi connectivity index (χ1n) is 8.09. The molecule has 1 aromatic carbocycles. The first kappa shape index (κ1) is 19.2. The number of halogens is 1. The molecule has 1 heterocycles. The van der Waals surface area contributed by atoms with Gasteiger partial charge in [0.25, 0.3) is 0 Å². The van der Waals surface area contributed by atoms with Crippen LogP contribution in [0.2, 0.25) is 0 Å². The maximum atomic E-state index is 12.5. The molecule has 0 saturated heterocycles. The van der Waals surface area contributed by atoms with E-state index >= 15 is 0 Å². The van der Waals surface area contributed by atoms with Gasteiger partial charge in [-0.15, -0.1) is 0 Å². The molecule has 0 aliphatic rings. The van der Waals surface area contributed by atoms with E-state index in [4.69, 9.17) is 9.47 Å². The fourth-order valence-corrected chi connectivity index (χ4v) is 3.13. The van der Waals surface area contributed by atoms with Crippen molar-refractivity contribution in [3.8, 4) is 5.75 Å². The molecule has 0 aliphatic carbocycles. The summed E-state index contributed by atoms with van der Waals surface area (Å²) in [6, 6.07) is 6.86. The Morgan fingerprint density at radius 3 is 2.52 bits per heavy atom. The molecule has 0 spiro atoms. The zero-order valence-electron chi connectivity index (χ0n) is 14.9. The fraction of sp³-hybridized carbons (Fsp3) is 0.368. The van der Waals surface area contributed by atoms with Crippen molar-refractivity contribution < 1.29 is 19.1 Å². The van der Waals surface area contributed by atoms with Crippen molar-refractivity contribution in [1.29, 1.82) is 0 Å². The molecule has 25 heavy (non-hydrogen) atoms. The molecular weight excluding hydrogens is 386 g/mol. The average molecular weight is 408 g/mol. The molecule has 0 radical (unpaired) electrons. The van der Waals surface area contributed by atoms with Crippen LogP contribution in [-0.4, -0.2) is 30.0 Å². The van der Waals surface area contributed by atoms with Crippen molar-refractivity contribution >= 4 is 27.7 Å². The molecule has 0 atom stereocenters. The minimum atomic E-state index is -0.568. The van der Waals surface area contributed by atoms with E-state index in [-0.39, 0.29) is 12.4 Å². The summed E-state index contributed by atoms with van der Waals surface area (Å²) in [5.41, 5.74) is 2.86. The smallest absolute Gasteiger partial charge is 0.339 e. The summed E-state index contributed by atoms with van der Waals surface area (Å²) in [5.74, 6) is -0.228. The third kappa shape index (κ3) is 4.31. The van der Waals surface area contributed by atoms with Crippen molar-refractivity contribution in [3.63, 3.8) is 0 Å². The Balaban J connectivity index is 2.10. The number of hydrogen-bond acceptors (Lipinski definition) is 4. The molecule has 0 aliphatic heterocycles. The summed E-state index contributed by atoms with van der Waals surface area (Å²) in [4.78, 5) is 24.7. The Morgan fingerprint density at radius 2 is 1.88 bits per heavy atom. The van der Waals surface area contributed by atoms with Crippen LogP contribution in [0.4, 0.5) is 0 Å². The Bertz CT molecular complexity index is 795. The van der Waals surface area contributed by atoms with E-state index in [0.717, 1.165) is 24.4 Å². The van der Waals surface area contributed by atoms with E-state index in [9.17, 15) is 9.59 Å². The molecule has 0 saturated carbocycles. The van der Waals surface area contributed by atoms with Crippen molar-refractivity contribution in [2.45, 2.75) is 33.7 Å². The SMILES string of the molecule is CCCn1c(C)cc(C(=O)COC(=O)c2cc(OC)ccc2Br)c1C. The lowest BCUT2D eigenvalue weighted by Crippen LogP contribution is -2.15. The standard InChI is InChI=1S/C19H22BrNO4/c1-5-8-21-12(2)9-15(13(21)3)18(22)11-25-19(23)16-10-14(24-4)6-7-17(16)20/h6-7,9-10H,5,8,11H2,1-4H3. The molecule has 0 unspecified atom stereocenters. The lowest BCUT2D eigenvalue weighted by atomic mass is 10.1. The van der Waals surface area contributed by atoms with Crippen LogP contribution in [0.5, 0.6) is 5.75 Å². The van der Waals surface area contributed by atoms with Crippen LogP contribution in [0.25, 0.3) is 0 Å². The second-order valence-electron chi connectivity index (χ2n) is 5.78. The minimum Gasteiger partial charge on any atom is -0.497 e. The van der Waals surface area contributed by atoms with E-state index in [2.05, 4.69) is 27.4 Å². The van der Waals surface area contributed by atoms with E-state index in [0.29, 0.717) is 21.3 Å². The lowest BCUT2D eigenvalue weighted by molar-refractivity contribution is 0.0473. The van der Waals surface area contributed by atoms with Gasteiger partial charge in [-0.1, -0.05) is 6.92 Å². The van der Waals surface area contributed by atoms with Gasteiger partial charge in [0.2, 0.25) is 5.78 Å². The zero-order chi connectivity index (χ0) is 18.6. The van der Waals surface area contributed by atoms with Gasteiger partial charge in [-0.05, 0) is 60.5 Å². The Kier molecular flexibility index (Phi) is 6.42. The molecule has 6 heteroatoms. The number of Topliss-reactive ketones (excluding diaryl/α,β-unsaturated/α-hetero) is 1. The molecule has 1 aromatic heterocycles. The second kappa shape index (κ2) is 8.34. The number of ketones is 1. The quantitative estimate of drug-likeness (QED) is 0.506. The Morgan fingerprint density at radius 1 is 1.16 bits per heavy atom. The van der Waals surface area contributed by atoms with Gasteiger partial charge in [0.05, 0.1) is 12.7 Å². The van der Waals surface area contributed by atoms with E-state index < -0.39 is 5.97 Å². The molecule has 2 aromatic rings. The summed E-state index contributed by atoms with van der Waals surface area (Å²) in [7, 11) is 1.52. The second-order valence-corrected chi connectivity index (χ2v) is 6.64. The van der Waals surface area contributed by atoms with Crippen LogP contribution in [0.1, 0.15) is 45.4 Å². The maximum absolute atomic E-state index is 12.5. The highest BCUT2D eigenvalue weighted by atomic mass is 79.9. The molecule has 0 fully saturated rings. The summed E-state index contributed by atoms with van der Waals surface area (Å²) >= 11 is 3.31. The number of carbonyl (C=O) groups is 2. The molecular formula is C19H22BrNO4. The van der Waals surface area contributed by atoms with Crippen molar-refractivity contribution in [1.82, 2.24) is 4.57 Å². The highest BCUT2D eigenvalue weighted by Crippen LogP contribution is 2.23. The van der Waals surface area contributed by atoms with Crippen LogP contribution in [-0.2, 0) is 11.3 Å². The van der Waals surface area contributed by atoms with Gasteiger partial charge in [-0.25, -0.2) is 4.79 Å². The molecule has 5 nitrogen and oxygen atoms in total.